The molecule has 6 nitrogen and oxygen atoms in total. The van der Waals surface area contributed by atoms with E-state index in [-0.39, 0.29) is 11.8 Å². The second-order valence-electron chi connectivity index (χ2n) is 4.64. The summed E-state index contributed by atoms with van der Waals surface area (Å²) in [6.45, 7) is 1.80. The molecule has 1 unspecified atom stereocenters. The van der Waals surface area contributed by atoms with E-state index in [0.29, 0.717) is 10.7 Å². The molecule has 0 bridgehead atoms. The van der Waals surface area contributed by atoms with Gasteiger partial charge in [0.15, 0.2) is 0 Å². The van der Waals surface area contributed by atoms with E-state index >= 15 is 0 Å². The molecule has 1 aromatic heterocycles. The highest BCUT2D eigenvalue weighted by molar-refractivity contribution is 7.90. The summed E-state index contributed by atoms with van der Waals surface area (Å²) < 4.78 is 24.2. The topological polar surface area (TPSA) is 76.9 Å². The Labute approximate surface area is 122 Å². The number of halogens is 1. The molecule has 0 aliphatic heterocycles. The fourth-order valence-electron chi connectivity index (χ4n) is 1.92. The Morgan fingerprint density at radius 2 is 2.20 bits per heavy atom. The van der Waals surface area contributed by atoms with Gasteiger partial charge >= 0.3 is 0 Å². The van der Waals surface area contributed by atoms with Crippen LogP contribution in [0, 0.1) is 0 Å². The predicted molar refractivity (Wildman–Crippen MR) is 79.2 cm³/mol. The standard InChI is InChI=1S/C12H15ClN4O2S/c1-9(6-20(2,18)19)16-11-5-10(13)3-4-12(11)17-8-14-7-15-17/h3-5,7-9,16H,6H2,1-2H3. The lowest BCUT2D eigenvalue weighted by Gasteiger charge is -2.17. The van der Waals surface area contributed by atoms with Crippen LogP contribution >= 0.6 is 11.6 Å². The molecule has 20 heavy (non-hydrogen) atoms. The minimum Gasteiger partial charge on any atom is -0.380 e. The summed E-state index contributed by atoms with van der Waals surface area (Å²) in [4.78, 5) is 3.90. The van der Waals surface area contributed by atoms with E-state index in [1.165, 1.54) is 12.6 Å². The predicted octanol–water partition coefficient (Wildman–Crippen LogP) is 1.77. The molecule has 1 atom stereocenters. The average molecular weight is 315 g/mol. The first-order valence-corrected chi connectivity index (χ1v) is 8.38. The second-order valence-corrected chi connectivity index (χ2v) is 7.26. The van der Waals surface area contributed by atoms with Gasteiger partial charge in [0.25, 0.3) is 0 Å². The zero-order chi connectivity index (χ0) is 14.8. The smallest absolute Gasteiger partial charge is 0.149 e. The number of nitrogens with one attached hydrogen (secondary N) is 1. The van der Waals surface area contributed by atoms with E-state index in [0.717, 1.165) is 5.69 Å². The number of nitrogens with zero attached hydrogens (tertiary/aromatic N) is 3. The average Bonchev–Trinajstić information content (AvgIpc) is 2.79. The van der Waals surface area contributed by atoms with Crippen LogP contribution < -0.4 is 5.32 Å². The Morgan fingerprint density at radius 3 is 2.80 bits per heavy atom. The highest BCUT2D eigenvalue weighted by atomic mass is 35.5. The monoisotopic (exact) mass is 314 g/mol. The van der Waals surface area contributed by atoms with Crippen LogP contribution in [0.15, 0.2) is 30.9 Å². The summed E-state index contributed by atoms with van der Waals surface area (Å²) in [5, 5.41) is 7.77. The van der Waals surface area contributed by atoms with Crippen LogP contribution in [0.2, 0.25) is 5.02 Å². The van der Waals surface area contributed by atoms with Gasteiger partial charge in [0, 0.05) is 17.3 Å². The zero-order valence-corrected chi connectivity index (χ0v) is 12.7. The molecule has 108 valence electrons. The van der Waals surface area contributed by atoms with Crippen molar-refractivity contribution in [2.75, 3.05) is 17.3 Å². The van der Waals surface area contributed by atoms with Crippen LogP contribution in [0.3, 0.4) is 0 Å². The lowest BCUT2D eigenvalue weighted by molar-refractivity contribution is 0.598. The molecule has 0 saturated carbocycles. The van der Waals surface area contributed by atoms with Crippen molar-refractivity contribution < 1.29 is 8.42 Å². The molecule has 1 N–H and O–H groups in total. The van der Waals surface area contributed by atoms with Gasteiger partial charge in [-0.2, -0.15) is 5.10 Å². The lowest BCUT2D eigenvalue weighted by atomic mass is 10.2. The van der Waals surface area contributed by atoms with Crippen LogP contribution in [-0.2, 0) is 9.84 Å². The van der Waals surface area contributed by atoms with Crippen LogP contribution in [0.5, 0.6) is 0 Å². The van der Waals surface area contributed by atoms with E-state index in [1.54, 1.807) is 36.1 Å². The maximum absolute atomic E-state index is 11.3. The van der Waals surface area contributed by atoms with Crippen LogP contribution in [0.4, 0.5) is 5.69 Å². The molecule has 0 amide bonds. The highest BCUT2D eigenvalue weighted by Gasteiger charge is 2.13. The van der Waals surface area contributed by atoms with Crippen molar-refractivity contribution >= 4 is 27.1 Å². The summed E-state index contributed by atoms with van der Waals surface area (Å²) in [6.07, 6.45) is 4.20. The summed E-state index contributed by atoms with van der Waals surface area (Å²) in [6, 6.07) is 5.03. The van der Waals surface area contributed by atoms with Crippen molar-refractivity contribution in [3.8, 4) is 5.69 Å². The first-order valence-electron chi connectivity index (χ1n) is 5.94. The molecule has 0 aliphatic rings. The Balaban J connectivity index is 2.29. The SMILES string of the molecule is CC(CS(C)(=O)=O)Nc1cc(Cl)ccc1-n1cncn1. The van der Waals surface area contributed by atoms with Crippen molar-refractivity contribution in [1.82, 2.24) is 14.8 Å². The van der Waals surface area contributed by atoms with Crippen LogP contribution in [0.25, 0.3) is 5.69 Å². The molecule has 0 fully saturated rings. The number of rotatable bonds is 5. The Morgan fingerprint density at radius 1 is 1.45 bits per heavy atom. The normalized spacial score (nSPS) is 13.2. The molecular formula is C12H15ClN4O2S. The van der Waals surface area contributed by atoms with Crippen LogP contribution in [-0.4, -0.2) is 41.2 Å². The number of aromatic nitrogens is 3. The van der Waals surface area contributed by atoms with E-state index in [2.05, 4.69) is 15.4 Å². The van der Waals surface area contributed by atoms with Gasteiger partial charge in [-0.15, -0.1) is 0 Å². The molecule has 0 saturated heterocycles. The molecule has 0 aliphatic carbocycles. The Hall–Kier alpha value is -1.60. The van der Waals surface area contributed by atoms with Gasteiger partial charge in [-0.05, 0) is 25.1 Å². The minimum atomic E-state index is -3.05. The first-order chi connectivity index (χ1) is 9.35. The van der Waals surface area contributed by atoms with Gasteiger partial charge in [0.05, 0.1) is 17.1 Å². The molecule has 0 radical (unpaired) electrons. The summed E-state index contributed by atoms with van der Waals surface area (Å²) in [5.74, 6) is 0.0380. The maximum Gasteiger partial charge on any atom is 0.149 e. The van der Waals surface area contributed by atoms with Gasteiger partial charge in [-0.3, -0.25) is 0 Å². The van der Waals surface area contributed by atoms with Crippen LogP contribution in [0.1, 0.15) is 6.92 Å². The quantitative estimate of drug-likeness (QED) is 0.910. The number of hydrogen-bond donors (Lipinski definition) is 1. The van der Waals surface area contributed by atoms with Crippen molar-refractivity contribution in [2.24, 2.45) is 0 Å². The molecule has 8 heteroatoms. The lowest BCUT2D eigenvalue weighted by Crippen LogP contribution is -2.25. The van der Waals surface area contributed by atoms with E-state index in [1.807, 2.05) is 0 Å². The zero-order valence-electron chi connectivity index (χ0n) is 11.1. The number of hydrogen-bond acceptors (Lipinski definition) is 5. The summed E-state index contributed by atoms with van der Waals surface area (Å²) in [7, 11) is -3.05. The molecular weight excluding hydrogens is 300 g/mol. The largest absolute Gasteiger partial charge is 0.380 e. The van der Waals surface area contributed by atoms with Gasteiger partial charge in [-0.1, -0.05) is 11.6 Å². The summed E-state index contributed by atoms with van der Waals surface area (Å²) in [5.41, 5.74) is 1.46. The van der Waals surface area contributed by atoms with Gasteiger partial charge in [0.2, 0.25) is 0 Å². The number of anilines is 1. The van der Waals surface area contributed by atoms with Crippen molar-refractivity contribution in [3.05, 3.63) is 35.9 Å². The fourth-order valence-corrected chi connectivity index (χ4v) is 3.08. The first kappa shape index (κ1) is 14.8. The van der Waals surface area contributed by atoms with E-state index in [4.69, 9.17) is 11.6 Å². The van der Waals surface area contributed by atoms with Crippen molar-refractivity contribution in [1.29, 1.82) is 0 Å². The Bertz CT molecular complexity index is 685. The number of sulfone groups is 1. The third-order valence-corrected chi connectivity index (χ3v) is 3.92. The van der Waals surface area contributed by atoms with E-state index in [9.17, 15) is 8.42 Å². The van der Waals surface area contributed by atoms with E-state index < -0.39 is 9.84 Å². The maximum atomic E-state index is 11.3. The minimum absolute atomic E-state index is 0.0380. The Kier molecular flexibility index (Phi) is 4.29. The van der Waals surface area contributed by atoms with Gasteiger partial charge in [0.1, 0.15) is 22.5 Å². The molecule has 1 heterocycles. The number of benzene rings is 1. The second kappa shape index (κ2) is 5.80. The molecule has 2 aromatic rings. The molecule has 1 aromatic carbocycles. The molecule has 2 rings (SSSR count). The fraction of sp³-hybridized carbons (Fsp3) is 0.333. The van der Waals surface area contributed by atoms with Gasteiger partial charge < -0.3 is 5.32 Å². The highest BCUT2D eigenvalue weighted by Crippen LogP contribution is 2.24. The third-order valence-electron chi connectivity index (χ3n) is 2.58. The van der Waals surface area contributed by atoms with Gasteiger partial charge in [-0.25, -0.2) is 18.1 Å². The molecule has 0 spiro atoms. The summed E-state index contributed by atoms with van der Waals surface area (Å²) >= 11 is 5.99. The third kappa shape index (κ3) is 3.94. The van der Waals surface area contributed by atoms with Crippen molar-refractivity contribution in [2.45, 2.75) is 13.0 Å². The van der Waals surface area contributed by atoms with Crippen molar-refractivity contribution in [3.63, 3.8) is 0 Å².